The van der Waals surface area contributed by atoms with Gasteiger partial charge in [-0.25, -0.2) is 0 Å². The van der Waals surface area contributed by atoms with Crippen LogP contribution in [0.15, 0.2) is 5.10 Å². The number of hydrazone groups is 1. The summed E-state index contributed by atoms with van der Waals surface area (Å²) in [5, 5.41) is 3.63. The van der Waals surface area contributed by atoms with E-state index in [1.165, 1.54) is 0 Å². The molecule has 0 heterocycles. The molecule has 8 nitrogen and oxygen atoms in total. The molecule has 0 radical (unpaired) electrons. The number of carbonyl (C=O) groups is 1. The highest BCUT2D eigenvalue weighted by Gasteiger charge is 1.97. The van der Waals surface area contributed by atoms with Crippen LogP contribution in [-0.2, 0) is 29.8 Å². The van der Waals surface area contributed by atoms with Gasteiger partial charge in [-0.05, 0) is 6.92 Å². The van der Waals surface area contributed by atoms with Crippen molar-refractivity contribution in [2.24, 2.45) is 10.8 Å². The zero-order valence-corrected chi connectivity index (χ0v) is 11.6. The van der Waals surface area contributed by atoms with Crippen LogP contribution in [0.5, 0.6) is 0 Å². The van der Waals surface area contributed by atoms with E-state index in [1.54, 1.807) is 6.92 Å². The van der Waals surface area contributed by atoms with E-state index >= 15 is 0 Å². The van der Waals surface area contributed by atoms with Crippen molar-refractivity contribution in [1.82, 2.24) is 5.43 Å². The predicted octanol–water partition coefficient (Wildman–Crippen LogP) is -0.980. The number of rotatable bonds is 5. The molecule has 0 aliphatic heterocycles. The number of thiol groups is 1. The molecule has 0 saturated heterocycles. The predicted molar refractivity (Wildman–Crippen MR) is 70.9 cm³/mol. The summed E-state index contributed by atoms with van der Waals surface area (Å²) in [4.78, 5) is 10.7. The Morgan fingerprint density at radius 2 is 2.12 bits per heavy atom. The first-order valence-electron chi connectivity index (χ1n) is 4.22. The van der Waals surface area contributed by atoms with Gasteiger partial charge >= 0.3 is 5.97 Å². The highest BCUT2D eigenvalue weighted by atomic mass is 32.9. The number of esters is 1. The lowest BCUT2D eigenvalue weighted by molar-refractivity contribution is -0.141. The maximum absolute atomic E-state index is 10.7. The molecule has 0 aliphatic rings. The summed E-state index contributed by atoms with van der Waals surface area (Å²) in [5.74, 6) is 0.339. The lowest BCUT2D eigenvalue weighted by Crippen LogP contribution is -2.25. The second kappa shape index (κ2) is 10.5. The second-order valence-electron chi connectivity index (χ2n) is 2.35. The van der Waals surface area contributed by atoms with Crippen LogP contribution in [0, 0.1) is 0 Å². The number of nitrogens with two attached hydrogens (primary N) is 1. The van der Waals surface area contributed by atoms with Crippen LogP contribution >= 0.6 is 12.6 Å². The van der Waals surface area contributed by atoms with Crippen molar-refractivity contribution in [1.29, 1.82) is 0 Å². The number of hydrogen-bond acceptors (Lipinski definition) is 7. The van der Waals surface area contributed by atoms with Gasteiger partial charge in [-0.2, -0.15) is 21.9 Å². The van der Waals surface area contributed by atoms with Crippen LogP contribution < -0.4 is 11.2 Å². The Balaban J connectivity index is 0. The molecule has 102 valence electrons. The molecular weight excluding hydrogens is 290 g/mol. The molecule has 0 atom stereocenters. The summed E-state index contributed by atoms with van der Waals surface area (Å²) in [6.45, 7) is 2.14. The number of amidine groups is 1. The molecule has 0 rings (SSSR count). The molecule has 0 spiro atoms. The number of hydrogen-bond donors (Lipinski definition) is 5. The zero-order chi connectivity index (χ0) is 13.9. The van der Waals surface area contributed by atoms with Crippen molar-refractivity contribution in [3.8, 4) is 0 Å². The fourth-order valence-corrected chi connectivity index (χ4v) is 0.524. The maximum atomic E-state index is 10.7. The maximum Gasteiger partial charge on any atom is 0.327 e. The van der Waals surface area contributed by atoms with E-state index in [0.29, 0.717) is 18.2 Å². The Labute approximate surface area is 110 Å². The second-order valence-corrected chi connectivity index (χ2v) is 4.86. The molecule has 11 heteroatoms. The summed E-state index contributed by atoms with van der Waals surface area (Å²) in [5.41, 5.74) is 7.75. The van der Waals surface area contributed by atoms with E-state index in [-0.39, 0.29) is 12.5 Å². The molecule has 0 aliphatic carbocycles. The monoisotopic (exact) mass is 305 g/mol. The number of nitrogens with zero attached hydrogens (tertiary/aromatic N) is 1. The Morgan fingerprint density at radius 1 is 1.65 bits per heavy atom. The van der Waals surface area contributed by atoms with Gasteiger partial charge in [0.25, 0.3) is 9.05 Å². The lowest BCUT2D eigenvalue weighted by Gasteiger charge is -2.01. The minimum Gasteiger partial charge on any atom is -0.465 e. The summed E-state index contributed by atoms with van der Waals surface area (Å²) in [6, 6.07) is 0. The highest BCUT2D eigenvalue weighted by molar-refractivity contribution is 8.26. The number of ether oxygens (including phenoxy) is 1. The highest BCUT2D eigenvalue weighted by Crippen LogP contribution is 1.76. The van der Waals surface area contributed by atoms with Crippen molar-refractivity contribution in [3.05, 3.63) is 0 Å². The first-order chi connectivity index (χ1) is 7.70. The van der Waals surface area contributed by atoms with E-state index in [2.05, 4.69) is 39.1 Å². The van der Waals surface area contributed by atoms with Crippen LogP contribution in [0.2, 0.25) is 0 Å². The minimum absolute atomic E-state index is 0.0301. The summed E-state index contributed by atoms with van der Waals surface area (Å²) in [7, 11) is -3.83. The molecule has 0 saturated carbocycles. The summed E-state index contributed by atoms with van der Waals surface area (Å²) in [6.07, 6.45) is 0. The van der Waals surface area contributed by atoms with Crippen LogP contribution in [0.4, 0.5) is 0 Å². The largest absolute Gasteiger partial charge is 0.465 e. The number of nitrogens with one attached hydrogen (secondary N) is 1. The van der Waals surface area contributed by atoms with Gasteiger partial charge in [0.2, 0.25) is 0 Å². The van der Waals surface area contributed by atoms with Crippen molar-refractivity contribution in [2.75, 3.05) is 18.9 Å². The molecule has 0 bridgehead atoms. The van der Waals surface area contributed by atoms with Crippen LogP contribution in [0.3, 0.4) is 0 Å². The molecule has 0 fully saturated rings. The van der Waals surface area contributed by atoms with Crippen molar-refractivity contribution < 1.29 is 22.8 Å². The fourth-order valence-electron chi connectivity index (χ4n) is 0.453. The van der Waals surface area contributed by atoms with Crippen LogP contribution in [-0.4, -0.2) is 44.0 Å². The summed E-state index contributed by atoms with van der Waals surface area (Å²) >= 11 is 7.33. The quantitative estimate of drug-likeness (QED) is 0.144. The van der Waals surface area contributed by atoms with Gasteiger partial charge in [0.05, 0.1) is 6.61 Å². The third-order valence-electron chi connectivity index (χ3n) is 0.913. The van der Waals surface area contributed by atoms with Gasteiger partial charge in [-0.15, -0.1) is 0 Å². The minimum atomic E-state index is -3.83. The summed E-state index contributed by atoms with van der Waals surface area (Å²) < 4.78 is 28.6. The van der Waals surface area contributed by atoms with Crippen molar-refractivity contribution >= 4 is 44.7 Å². The van der Waals surface area contributed by atoms with Gasteiger partial charge in [0.1, 0.15) is 12.4 Å². The Morgan fingerprint density at radius 3 is 2.47 bits per heavy atom. The van der Waals surface area contributed by atoms with Crippen molar-refractivity contribution in [2.45, 2.75) is 6.92 Å². The molecule has 5 N–H and O–H groups in total. The third-order valence-corrected chi connectivity index (χ3v) is 1.24. The average Bonchev–Trinajstić information content (AvgIpc) is 2.15. The zero-order valence-electron chi connectivity index (χ0n) is 9.03. The van der Waals surface area contributed by atoms with E-state index in [9.17, 15) is 4.79 Å². The Kier molecular flexibility index (Phi) is 11.6. The SMILES string of the molecule is CCOC(=O)CN/N=C(/N)CS.O=S(O)(O)=S. The molecule has 0 aromatic heterocycles. The normalized spacial score (nSPS) is 11.2. The first kappa shape index (κ1) is 18.7. The smallest absolute Gasteiger partial charge is 0.327 e. The molecule has 17 heavy (non-hydrogen) atoms. The van der Waals surface area contributed by atoms with Gasteiger partial charge < -0.3 is 10.5 Å². The molecular formula is C6H15N3O5S3. The van der Waals surface area contributed by atoms with E-state index in [4.69, 9.17) is 19.0 Å². The molecule has 0 unspecified atom stereocenters. The van der Waals surface area contributed by atoms with Gasteiger partial charge in [-0.3, -0.25) is 19.3 Å². The molecule has 0 amide bonds. The lowest BCUT2D eigenvalue weighted by atomic mass is 10.7. The van der Waals surface area contributed by atoms with Gasteiger partial charge in [0, 0.05) is 16.9 Å². The topological polar surface area (TPSA) is 134 Å². The van der Waals surface area contributed by atoms with Gasteiger partial charge in [-0.1, -0.05) is 0 Å². The fraction of sp³-hybridized carbons (Fsp3) is 0.667. The number of carbonyl (C=O) groups excluding carboxylic acids is 1. The van der Waals surface area contributed by atoms with Crippen molar-refractivity contribution in [3.63, 3.8) is 0 Å². The average molecular weight is 305 g/mol. The van der Waals surface area contributed by atoms with Gasteiger partial charge in [0.15, 0.2) is 0 Å². The third kappa shape index (κ3) is 25.6. The molecule has 0 aromatic rings. The Bertz CT molecular complexity index is 335. The molecule has 0 aromatic carbocycles. The first-order valence-corrected chi connectivity index (χ1v) is 7.24. The van der Waals surface area contributed by atoms with E-state index in [0.717, 1.165) is 0 Å². The Hall–Kier alpha value is -0.620. The van der Waals surface area contributed by atoms with Crippen LogP contribution in [0.1, 0.15) is 6.92 Å². The standard InChI is InChI=1S/C6H13N3O2S.H2O3S2/c1-2-11-6(10)3-8-9-5(7)4-12;1-5(2,3)4/h8,12H,2-4H2,1H3,(H2,7,9);(H2,1,2,3,4). The van der Waals surface area contributed by atoms with Crippen LogP contribution in [0.25, 0.3) is 0 Å². The van der Waals surface area contributed by atoms with E-state index < -0.39 is 9.05 Å². The van der Waals surface area contributed by atoms with E-state index in [1.807, 2.05) is 0 Å².